The number of ether oxygens (including phenoxy) is 3. The first kappa shape index (κ1) is 62.8. The summed E-state index contributed by atoms with van der Waals surface area (Å²) in [6.45, 7) is 6.53. The van der Waals surface area contributed by atoms with E-state index in [9.17, 15) is 14.4 Å². The van der Waals surface area contributed by atoms with Crippen LogP contribution in [0.5, 0.6) is 0 Å². The first-order valence-electron chi connectivity index (χ1n) is 28.0. The monoisotopic (exact) mass is 921 g/mol. The minimum atomic E-state index is -0.787. The molecule has 6 nitrogen and oxygen atoms in total. The van der Waals surface area contributed by atoms with Gasteiger partial charge >= 0.3 is 17.9 Å². The Bertz CT molecular complexity index is 1240. The number of carbonyl (C=O) groups excluding carboxylic acids is 3. The SMILES string of the molecule is CCC\C=C/C=C\C=C/C=C\C=C/CCCCCCCC(=O)OCC(COC(=O)CCCCCCCCCCCCCCCCC)OC(=O)CCCCCCCCC/C=C\CCCCCC. The number of unbranched alkanes of at least 4 members (excludes halogenated alkanes) is 31. The van der Waals surface area contributed by atoms with Crippen LogP contribution < -0.4 is 0 Å². The zero-order valence-electron chi connectivity index (χ0n) is 43.4. The standard InChI is InChI=1S/C60H104O6/c1-4-7-10-13-16-19-22-25-28-29-30-33-35-38-41-44-47-50-53-59(62)65-56-57(66-60(63)54-51-48-45-42-39-36-32-27-24-21-18-15-12-9-6-3)55-64-58(61)52-49-46-43-40-37-34-31-26-23-20-17-14-11-8-5-2/h10,13,16,19,21-22,24-25,28-30,33,57H,4-9,11-12,14-15,17-18,20,23,26-27,31-32,34-56H2,1-3H3/b13-10-,19-16-,24-21-,25-22-,29-28-,33-30-. The van der Waals surface area contributed by atoms with Gasteiger partial charge in [-0.15, -0.1) is 0 Å². The molecule has 0 amide bonds. The second kappa shape index (κ2) is 54.5. The highest BCUT2D eigenvalue weighted by atomic mass is 16.6. The minimum absolute atomic E-state index is 0.0834. The van der Waals surface area contributed by atoms with Crippen LogP contribution in [-0.4, -0.2) is 37.2 Å². The molecule has 0 aliphatic carbocycles. The van der Waals surface area contributed by atoms with Gasteiger partial charge in [-0.1, -0.05) is 261 Å². The van der Waals surface area contributed by atoms with E-state index >= 15 is 0 Å². The summed E-state index contributed by atoms with van der Waals surface area (Å²) in [7, 11) is 0. The molecule has 0 radical (unpaired) electrons. The number of hydrogen-bond acceptors (Lipinski definition) is 6. The lowest BCUT2D eigenvalue weighted by molar-refractivity contribution is -0.167. The summed E-state index contributed by atoms with van der Waals surface area (Å²) in [6, 6.07) is 0. The summed E-state index contributed by atoms with van der Waals surface area (Å²) in [6.07, 6.45) is 68.8. The fourth-order valence-corrected chi connectivity index (χ4v) is 7.82. The number of allylic oxidation sites excluding steroid dienone is 12. The second-order valence-corrected chi connectivity index (χ2v) is 18.6. The molecular formula is C60H104O6. The van der Waals surface area contributed by atoms with Crippen molar-refractivity contribution >= 4 is 17.9 Å². The van der Waals surface area contributed by atoms with Gasteiger partial charge in [0.05, 0.1) is 0 Å². The lowest BCUT2D eigenvalue weighted by atomic mass is 10.0. The van der Waals surface area contributed by atoms with Crippen molar-refractivity contribution < 1.29 is 28.6 Å². The van der Waals surface area contributed by atoms with Gasteiger partial charge < -0.3 is 14.2 Å². The molecule has 0 aliphatic heterocycles. The summed E-state index contributed by atoms with van der Waals surface area (Å²) in [4.78, 5) is 38.1. The van der Waals surface area contributed by atoms with Crippen LogP contribution in [0.1, 0.15) is 271 Å². The first-order chi connectivity index (χ1) is 32.5. The highest BCUT2D eigenvalue weighted by Gasteiger charge is 2.19. The Balaban J connectivity index is 4.43. The van der Waals surface area contributed by atoms with E-state index in [1.165, 1.54) is 148 Å². The van der Waals surface area contributed by atoms with E-state index < -0.39 is 6.10 Å². The summed E-state index contributed by atoms with van der Waals surface area (Å²) < 4.78 is 16.8. The number of carbonyl (C=O) groups is 3. The molecule has 6 heteroatoms. The van der Waals surface area contributed by atoms with Crippen molar-refractivity contribution in [2.45, 2.75) is 277 Å². The Hall–Kier alpha value is -3.15. The van der Waals surface area contributed by atoms with Crippen molar-refractivity contribution in [2.75, 3.05) is 13.2 Å². The first-order valence-corrected chi connectivity index (χ1v) is 28.0. The van der Waals surface area contributed by atoms with Crippen molar-refractivity contribution in [1.82, 2.24) is 0 Å². The summed E-state index contributed by atoms with van der Waals surface area (Å²) in [5.74, 6) is -0.905. The van der Waals surface area contributed by atoms with E-state index in [4.69, 9.17) is 14.2 Å². The molecule has 0 N–H and O–H groups in total. The molecule has 380 valence electrons. The van der Waals surface area contributed by atoms with Gasteiger partial charge in [-0.25, -0.2) is 0 Å². The lowest BCUT2D eigenvalue weighted by Crippen LogP contribution is -2.30. The van der Waals surface area contributed by atoms with Gasteiger partial charge in [-0.05, 0) is 64.2 Å². The van der Waals surface area contributed by atoms with Gasteiger partial charge in [-0.2, -0.15) is 0 Å². The maximum atomic E-state index is 12.8. The highest BCUT2D eigenvalue weighted by Crippen LogP contribution is 2.16. The number of rotatable bonds is 50. The minimum Gasteiger partial charge on any atom is -0.462 e. The van der Waals surface area contributed by atoms with Gasteiger partial charge in [-0.3, -0.25) is 14.4 Å². The molecule has 66 heavy (non-hydrogen) atoms. The molecule has 0 aromatic carbocycles. The molecule has 0 aromatic rings. The van der Waals surface area contributed by atoms with Crippen molar-refractivity contribution in [1.29, 1.82) is 0 Å². The smallest absolute Gasteiger partial charge is 0.306 e. The lowest BCUT2D eigenvalue weighted by Gasteiger charge is -2.18. The Kier molecular flexibility index (Phi) is 51.9. The molecule has 0 fully saturated rings. The molecule has 0 aliphatic rings. The molecule has 0 saturated heterocycles. The predicted molar refractivity (Wildman–Crippen MR) is 284 cm³/mol. The van der Waals surface area contributed by atoms with E-state index in [-0.39, 0.29) is 31.1 Å². The third kappa shape index (κ3) is 51.8. The zero-order valence-corrected chi connectivity index (χ0v) is 43.4. The van der Waals surface area contributed by atoms with E-state index in [2.05, 4.69) is 69.4 Å². The van der Waals surface area contributed by atoms with Crippen LogP contribution in [-0.2, 0) is 28.6 Å². The average Bonchev–Trinajstić information content (AvgIpc) is 3.31. The third-order valence-electron chi connectivity index (χ3n) is 12.0. The maximum absolute atomic E-state index is 12.8. The molecule has 0 heterocycles. The van der Waals surface area contributed by atoms with Crippen molar-refractivity contribution in [3.8, 4) is 0 Å². The van der Waals surface area contributed by atoms with Crippen molar-refractivity contribution in [3.63, 3.8) is 0 Å². The van der Waals surface area contributed by atoms with E-state index in [0.29, 0.717) is 19.3 Å². The second-order valence-electron chi connectivity index (χ2n) is 18.6. The van der Waals surface area contributed by atoms with Gasteiger partial charge in [0.25, 0.3) is 0 Å². The Morgan fingerprint density at radius 2 is 0.591 bits per heavy atom. The zero-order chi connectivity index (χ0) is 47.9. The molecule has 0 rings (SSSR count). The van der Waals surface area contributed by atoms with Crippen LogP contribution in [0.25, 0.3) is 0 Å². The van der Waals surface area contributed by atoms with Gasteiger partial charge in [0, 0.05) is 19.3 Å². The maximum Gasteiger partial charge on any atom is 0.306 e. The number of hydrogen-bond donors (Lipinski definition) is 0. The number of esters is 3. The molecular weight excluding hydrogens is 817 g/mol. The topological polar surface area (TPSA) is 78.9 Å². The van der Waals surface area contributed by atoms with E-state index in [1.807, 2.05) is 24.3 Å². The summed E-state index contributed by atoms with van der Waals surface area (Å²) in [5.41, 5.74) is 0. The van der Waals surface area contributed by atoms with Crippen molar-refractivity contribution in [2.24, 2.45) is 0 Å². The van der Waals surface area contributed by atoms with Gasteiger partial charge in [0.15, 0.2) is 6.10 Å². The van der Waals surface area contributed by atoms with E-state index in [1.54, 1.807) is 0 Å². The van der Waals surface area contributed by atoms with Crippen LogP contribution in [0.15, 0.2) is 72.9 Å². The largest absolute Gasteiger partial charge is 0.462 e. The molecule has 0 saturated carbocycles. The van der Waals surface area contributed by atoms with Crippen LogP contribution in [0.2, 0.25) is 0 Å². The highest BCUT2D eigenvalue weighted by molar-refractivity contribution is 5.71. The fraction of sp³-hybridized carbons (Fsp3) is 0.750. The normalized spacial score (nSPS) is 12.6. The Morgan fingerprint density at radius 3 is 0.970 bits per heavy atom. The van der Waals surface area contributed by atoms with Gasteiger partial charge in [0.2, 0.25) is 0 Å². The van der Waals surface area contributed by atoms with E-state index in [0.717, 1.165) is 83.5 Å². The van der Waals surface area contributed by atoms with Crippen LogP contribution in [0.4, 0.5) is 0 Å². The van der Waals surface area contributed by atoms with Crippen LogP contribution >= 0.6 is 0 Å². The average molecular weight is 921 g/mol. The third-order valence-corrected chi connectivity index (χ3v) is 12.0. The van der Waals surface area contributed by atoms with Crippen LogP contribution in [0, 0.1) is 0 Å². The fourth-order valence-electron chi connectivity index (χ4n) is 7.82. The Labute approximate surface area is 408 Å². The quantitative estimate of drug-likeness (QED) is 0.0199. The molecule has 0 bridgehead atoms. The summed E-state index contributed by atoms with van der Waals surface area (Å²) >= 11 is 0. The van der Waals surface area contributed by atoms with Crippen LogP contribution in [0.3, 0.4) is 0 Å². The molecule has 0 aromatic heterocycles. The van der Waals surface area contributed by atoms with Crippen molar-refractivity contribution in [3.05, 3.63) is 72.9 Å². The van der Waals surface area contributed by atoms with Gasteiger partial charge in [0.1, 0.15) is 13.2 Å². The molecule has 0 spiro atoms. The Morgan fingerprint density at radius 1 is 0.303 bits per heavy atom. The summed E-state index contributed by atoms with van der Waals surface area (Å²) in [5, 5.41) is 0. The molecule has 1 atom stereocenters. The predicted octanol–water partition coefficient (Wildman–Crippen LogP) is 18.6. The molecule has 1 unspecified atom stereocenters.